The van der Waals surface area contributed by atoms with Crippen LogP contribution in [0.3, 0.4) is 0 Å². The average Bonchev–Trinajstić information content (AvgIpc) is 2.48. The summed E-state index contributed by atoms with van der Waals surface area (Å²) >= 11 is 5.83. The van der Waals surface area contributed by atoms with Crippen molar-refractivity contribution in [3.63, 3.8) is 0 Å². The number of anilines is 1. The molecule has 0 aliphatic heterocycles. The van der Waals surface area contributed by atoms with Crippen molar-refractivity contribution in [1.82, 2.24) is 10.3 Å². The van der Waals surface area contributed by atoms with Gasteiger partial charge in [0.15, 0.2) is 0 Å². The van der Waals surface area contributed by atoms with E-state index < -0.39 is 11.8 Å². The zero-order valence-electron chi connectivity index (χ0n) is 11.4. The highest BCUT2D eigenvalue weighted by molar-refractivity contribution is 6.39. The molecule has 108 valence electrons. The van der Waals surface area contributed by atoms with Gasteiger partial charge < -0.3 is 10.6 Å². The lowest BCUT2D eigenvalue weighted by molar-refractivity contribution is -0.136. The van der Waals surface area contributed by atoms with Crippen molar-refractivity contribution in [3.05, 3.63) is 58.9 Å². The van der Waals surface area contributed by atoms with Gasteiger partial charge in [0.05, 0.1) is 12.2 Å². The first-order valence-corrected chi connectivity index (χ1v) is 6.69. The Morgan fingerprint density at radius 1 is 1.19 bits per heavy atom. The molecule has 2 N–H and O–H groups in total. The quantitative estimate of drug-likeness (QED) is 0.855. The number of benzene rings is 1. The molecule has 2 rings (SSSR count). The number of hydrogen-bond donors (Lipinski definition) is 2. The van der Waals surface area contributed by atoms with E-state index in [2.05, 4.69) is 15.6 Å². The fourth-order valence-electron chi connectivity index (χ4n) is 1.70. The van der Waals surface area contributed by atoms with E-state index in [-0.39, 0.29) is 6.54 Å². The van der Waals surface area contributed by atoms with Gasteiger partial charge in [0.25, 0.3) is 0 Å². The number of aryl methyl sites for hydroxylation is 1. The Morgan fingerprint density at radius 2 is 2.00 bits per heavy atom. The van der Waals surface area contributed by atoms with Crippen LogP contribution in [-0.2, 0) is 16.1 Å². The molecule has 0 fully saturated rings. The van der Waals surface area contributed by atoms with Gasteiger partial charge in [0, 0.05) is 16.9 Å². The van der Waals surface area contributed by atoms with Crippen molar-refractivity contribution in [2.45, 2.75) is 13.5 Å². The van der Waals surface area contributed by atoms with Crippen LogP contribution < -0.4 is 10.6 Å². The van der Waals surface area contributed by atoms with Gasteiger partial charge in [0.2, 0.25) is 0 Å². The summed E-state index contributed by atoms with van der Waals surface area (Å²) in [6.45, 7) is 2.00. The molecule has 6 heteroatoms. The summed E-state index contributed by atoms with van der Waals surface area (Å²) in [7, 11) is 0. The second kappa shape index (κ2) is 6.85. The van der Waals surface area contributed by atoms with Crippen LogP contribution in [0.15, 0.2) is 42.6 Å². The highest BCUT2D eigenvalue weighted by Crippen LogP contribution is 2.19. The number of pyridine rings is 1. The summed E-state index contributed by atoms with van der Waals surface area (Å²) < 4.78 is 0. The van der Waals surface area contributed by atoms with Crippen LogP contribution in [-0.4, -0.2) is 16.8 Å². The Hall–Kier alpha value is -2.40. The van der Waals surface area contributed by atoms with Crippen molar-refractivity contribution < 1.29 is 9.59 Å². The number of carbonyl (C=O) groups is 2. The smallest absolute Gasteiger partial charge is 0.313 e. The number of amides is 2. The lowest BCUT2D eigenvalue weighted by Crippen LogP contribution is -2.35. The fraction of sp³-hybridized carbons (Fsp3) is 0.133. The third-order valence-electron chi connectivity index (χ3n) is 2.80. The molecule has 1 heterocycles. The first-order chi connectivity index (χ1) is 10.1. The number of hydrogen-bond acceptors (Lipinski definition) is 3. The van der Waals surface area contributed by atoms with Gasteiger partial charge >= 0.3 is 11.8 Å². The minimum atomic E-state index is -0.726. The molecule has 2 aromatic rings. The van der Waals surface area contributed by atoms with Gasteiger partial charge in [-0.3, -0.25) is 14.6 Å². The number of nitrogens with zero attached hydrogens (tertiary/aromatic N) is 1. The van der Waals surface area contributed by atoms with Crippen LogP contribution in [0.4, 0.5) is 5.69 Å². The van der Waals surface area contributed by atoms with E-state index in [1.54, 1.807) is 43.5 Å². The summed E-state index contributed by atoms with van der Waals surface area (Å²) in [4.78, 5) is 27.6. The van der Waals surface area contributed by atoms with E-state index >= 15 is 0 Å². The van der Waals surface area contributed by atoms with E-state index in [0.29, 0.717) is 16.4 Å². The van der Waals surface area contributed by atoms with E-state index in [0.717, 1.165) is 5.56 Å². The molecule has 0 atom stereocenters. The zero-order valence-corrected chi connectivity index (χ0v) is 12.1. The molecule has 0 bridgehead atoms. The monoisotopic (exact) mass is 303 g/mol. The van der Waals surface area contributed by atoms with Gasteiger partial charge in [-0.2, -0.15) is 0 Å². The normalized spacial score (nSPS) is 10.0. The average molecular weight is 304 g/mol. The van der Waals surface area contributed by atoms with Crippen molar-refractivity contribution in [3.8, 4) is 0 Å². The molecule has 0 saturated carbocycles. The largest absolute Gasteiger partial charge is 0.342 e. The van der Waals surface area contributed by atoms with Crippen molar-refractivity contribution >= 4 is 29.1 Å². The van der Waals surface area contributed by atoms with Crippen LogP contribution in [0.5, 0.6) is 0 Å². The summed E-state index contributed by atoms with van der Waals surface area (Å²) in [6.07, 6.45) is 1.62. The van der Waals surface area contributed by atoms with Gasteiger partial charge in [-0.05, 0) is 42.8 Å². The Labute approximate surface area is 127 Å². The number of carbonyl (C=O) groups excluding carboxylic acids is 2. The maximum atomic E-state index is 11.8. The first kappa shape index (κ1) is 15.0. The summed E-state index contributed by atoms with van der Waals surface area (Å²) in [5.74, 6) is -1.44. The van der Waals surface area contributed by atoms with Crippen LogP contribution in [0, 0.1) is 6.92 Å². The van der Waals surface area contributed by atoms with Gasteiger partial charge in [0.1, 0.15) is 0 Å². The minimum Gasteiger partial charge on any atom is -0.342 e. The molecule has 0 unspecified atom stereocenters. The summed E-state index contributed by atoms with van der Waals surface area (Å²) in [5.41, 5.74) is 2.02. The number of aromatic nitrogens is 1. The Morgan fingerprint density at radius 3 is 2.67 bits per heavy atom. The fourth-order valence-corrected chi connectivity index (χ4v) is 1.93. The van der Waals surface area contributed by atoms with Crippen molar-refractivity contribution in [1.29, 1.82) is 0 Å². The second-order valence-electron chi connectivity index (χ2n) is 4.42. The predicted molar refractivity (Wildman–Crippen MR) is 80.9 cm³/mol. The van der Waals surface area contributed by atoms with E-state index in [9.17, 15) is 9.59 Å². The SMILES string of the molecule is Cc1cc(Cl)ccc1NC(=O)C(=O)NCc1ccccn1. The Bertz CT molecular complexity index is 659. The third kappa shape index (κ3) is 4.29. The third-order valence-corrected chi connectivity index (χ3v) is 3.03. The highest BCUT2D eigenvalue weighted by Gasteiger charge is 2.14. The van der Waals surface area contributed by atoms with Crippen LogP contribution in [0.1, 0.15) is 11.3 Å². The lowest BCUT2D eigenvalue weighted by Gasteiger charge is -2.09. The topological polar surface area (TPSA) is 71.1 Å². The molecular formula is C15H14ClN3O2. The van der Waals surface area contributed by atoms with Gasteiger partial charge in [-0.1, -0.05) is 17.7 Å². The molecule has 1 aromatic heterocycles. The Kier molecular flexibility index (Phi) is 4.90. The van der Waals surface area contributed by atoms with Crippen molar-refractivity contribution in [2.24, 2.45) is 0 Å². The van der Waals surface area contributed by atoms with Gasteiger partial charge in [-0.15, -0.1) is 0 Å². The molecule has 21 heavy (non-hydrogen) atoms. The number of nitrogens with one attached hydrogen (secondary N) is 2. The second-order valence-corrected chi connectivity index (χ2v) is 4.85. The lowest BCUT2D eigenvalue weighted by atomic mass is 10.2. The maximum Gasteiger partial charge on any atom is 0.313 e. The van der Waals surface area contributed by atoms with E-state index in [1.165, 1.54) is 0 Å². The number of rotatable bonds is 3. The number of halogens is 1. The molecule has 0 saturated heterocycles. The summed E-state index contributed by atoms with van der Waals surface area (Å²) in [5, 5.41) is 5.63. The molecule has 0 radical (unpaired) electrons. The molecule has 1 aromatic carbocycles. The van der Waals surface area contributed by atoms with Crippen LogP contribution in [0.25, 0.3) is 0 Å². The standard InChI is InChI=1S/C15H14ClN3O2/c1-10-8-11(16)5-6-13(10)19-15(21)14(20)18-9-12-4-2-3-7-17-12/h2-8H,9H2,1H3,(H,18,20)(H,19,21). The molecule has 0 aliphatic carbocycles. The molecule has 0 aliphatic rings. The molecule has 5 nitrogen and oxygen atoms in total. The predicted octanol–water partition coefficient (Wildman–Crippen LogP) is 2.30. The maximum absolute atomic E-state index is 11.8. The van der Waals surface area contributed by atoms with Crippen molar-refractivity contribution in [2.75, 3.05) is 5.32 Å². The van der Waals surface area contributed by atoms with Gasteiger partial charge in [-0.25, -0.2) is 0 Å². The van der Waals surface area contributed by atoms with E-state index in [4.69, 9.17) is 11.6 Å². The summed E-state index contributed by atoms with van der Waals surface area (Å²) in [6, 6.07) is 10.4. The minimum absolute atomic E-state index is 0.201. The van der Waals surface area contributed by atoms with Crippen LogP contribution >= 0.6 is 11.6 Å². The first-order valence-electron chi connectivity index (χ1n) is 6.31. The van der Waals surface area contributed by atoms with Crippen LogP contribution in [0.2, 0.25) is 5.02 Å². The highest BCUT2D eigenvalue weighted by atomic mass is 35.5. The zero-order chi connectivity index (χ0) is 15.2. The Balaban J connectivity index is 1.92. The molecule has 0 spiro atoms. The van der Waals surface area contributed by atoms with E-state index in [1.807, 2.05) is 6.07 Å². The molecule has 2 amide bonds. The molecular weight excluding hydrogens is 290 g/mol.